The van der Waals surface area contributed by atoms with Crippen LogP contribution in [-0.2, 0) is 0 Å². The number of amides is 1. The van der Waals surface area contributed by atoms with Gasteiger partial charge in [0.2, 0.25) is 0 Å². The van der Waals surface area contributed by atoms with Gasteiger partial charge in [-0.3, -0.25) is 14.7 Å². The van der Waals surface area contributed by atoms with Crippen LogP contribution in [0.5, 0.6) is 0 Å². The molecule has 4 rings (SSSR count). The smallest absolute Gasteiger partial charge is 0.349 e. The highest BCUT2D eigenvalue weighted by Gasteiger charge is 2.57. The minimum Gasteiger partial charge on any atom is -0.349 e. The quantitative estimate of drug-likeness (QED) is 0.831. The summed E-state index contributed by atoms with van der Waals surface area (Å²) >= 11 is 0. The molecule has 2 unspecified atom stereocenters. The van der Waals surface area contributed by atoms with Gasteiger partial charge in [0.05, 0.1) is 17.8 Å². The number of hydrogen-bond donors (Lipinski definition) is 1. The number of carbonyl (C=O) groups is 1. The van der Waals surface area contributed by atoms with Gasteiger partial charge in [0.1, 0.15) is 5.82 Å². The maximum Gasteiger partial charge on any atom is 0.401 e. The maximum absolute atomic E-state index is 13.3. The van der Waals surface area contributed by atoms with Crippen molar-refractivity contribution < 1.29 is 22.4 Å². The van der Waals surface area contributed by atoms with E-state index in [1.54, 1.807) is 24.3 Å². The summed E-state index contributed by atoms with van der Waals surface area (Å²) in [6, 6.07) is 9.18. The normalized spacial score (nSPS) is 24.5. The molecule has 1 aliphatic carbocycles. The molecule has 1 aromatic carbocycles. The molecular formula is C19H17F4N3O. The van der Waals surface area contributed by atoms with E-state index in [-0.39, 0.29) is 29.6 Å². The van der Waals surface area contributed by atoms with Crippen molar-refractivity contribution in [1.29, 1.82) is 0 Å². The van der Waals surface area contributed by atoms with Gasteiger partial charge in [-0.1, -0.05) is 12.1 Å². The fourth-order valence-corrected chi connectivity index (χ4v) is 3.79. The molecule has 0 radical (unpaired) electrons. The molecule has 2 aromatic rings. The molecular weight excluding hydrogens is 362 g/mol. The van der Waals surface area contributed by atoms with Crippen LogP contribution in [0, 0.1) is 17.7 Å². The van der Waals surface area contributed by atoms with Crippen molar-refractivity contribution in [3.05, 3.63) is 54.0 Å². The second kappa shape index (κ2) is 6.60. The molecule has 142 valence electrons. The molecule has 2 fully saturated rings. The summed E-state index contributed by atoms with van der Waals surface area (Å²) in [5, 5.41) is 2.88. The Morgan fingerprint density at radius 1 is 1.19 bits per heavy atom. The third-order valence-electron chi connectivity index (χ3n) is 5.12. The number of halogens is 4. The largest absolute Gasteiger partial charge is 0.401 e. The van der Waals surface area contributed by atoms with E-state index in [1.165, 1.54) is 23.2 Å². The van der Waals surface area contributed by atoms with Gasteiger partial charge in [-0.05, 0) is 36.1 Å². The van der Waals surface area contributed by atoms with Gasteiger partial charge in [0.25, 0.3) is 5.91 Å². The van der Waals surface area contributed by atoms with Crippen molar-refractivity contribution in [3.63, 3.8) is 0 Å². The number of benzene rings is 1. The Hall–Kier alpha value is -2.48. The van der Waals surface area contributed by atoms with Gasteiger partial charge in [-0.25, -0.2) is 4.39 Å². The lowest BCUT2D eigenvalue weighted by Gasteiger charge is -2.21. The molecule has 2 aliphatic rings. The molecule has 8 heteroatoms. The van der Waals surface area contributed by atoms with Gasteiger partial charge in [-0.15, -0.1) is 0 Å². The van der Waals surface area contributed by atoms with E-state index >= 15 is 0 Å². The zero-order valence-electron chi connectivity index (χ0n) is 14.2. The Balaban J connectivity index is 1.33. The third kappa shape index (κ3) is 3.95. The summed E-state index contributed by atoms with van der Waals surface area (Å²) in [7, 11) is 0. The molecule has 1 saturated heterocycles. The van der Waals surface area contributed by atoms with E-state index < -0.39 is 12.7 Å². The van der Waals surface area contributed by atoms with E-state index in [9.17, 15) is 22.4 Å². The third-order valence-corrected chi connectivity index (χ3v) is 5.12. The number of likely N-dealkylation sites (tertiary alicyclic amines) is 1. The highest BCUT2D eigenvalue weighted by molar-refractivity contribution is 5.94. The van der Waals surface area contributed by atoms with E-state index in [1.807, 2.05) is 0 Å². The van der Waals surface area contributed by atoms with Crippen molar-refractivity contribution in [2.45, 2.75) is 12.2 Å². The topological polar surface area (TPSA) is 45.2 Å². The average Bonchev–Trinajstić information content (AvgIpc) is 3.05. The standard InChI is InChI=1S/C19H17F4N3O/c20-13-3-1-2-11(6-13)16-5-4-12(7-24-16)18(27)25-17-14-8-26(9-15(14)17)10-19(21,22)23/h1-7,14-15,17H,8-10H2,(H,25,27). The molecule has 0 spiro atoms. The summed E-state index contributed by atoms with van der Waals surface area (Å²) in [4.78, 5) is 17.9. The first kappa shape index (κ1) is 17.9. The number of carbonyl (C=O) groups excluding carboxylic acids is 1. The Bertz CT molecular complexity index is 841. The zero-order chi connectivity index (χ0) is 19.2. The summed E-state index contributed by atoms with van der Waals surface area (Å²) in [5.74, 6) is -0.502. The number of alkyl halides is 3. The summed E-state index contributed by atoms with van der Waals surface area (Å²) in [6.45, 7) is -0.191. The number of aromatic nitrogens is 1. The van der Waals surface area contributed by atoms with Crippen LogP contribution in [-0.4, -0.2) is 47.6 Å². The number of nitrogens with one attached hydrogen (secondary N) is 1. The number of hydrogen-bond acceptors (Lipinski definition) is 3. The first-order valence-electron chi connectivity index (χ1n) is 8.62. The van der Waals surface area contributed by atoms with E-state index in [0.29, 0.717) is 29.9 Å². The van der Waals surface area contributed by atoms with Crippen LogP contribution in [0.3, 0.4) is 0 Å². The summed E-state index contributed by atoms with van der Waals surface area (Å²) in [5.41, 5.74) is 1.54. The predicted molar refractivity (Wildman–Crippen MR) is 90.4 cm³/mol. The van der Waals surface area contributed by atoms with Crippen LogP contribution in [0.4, 0.5) is 17.6 Å². The Labute approximate surface area is 153 Å². The molecule has 2 atom stereocenters. The van der Waals surface area contributed by atoms with Crippen LogP contribution in [0.1, 0.15) is 10.4 Å². The SMILES string of the molecule is O=C(NC1C2CN(CC(F)(F)F)CC21)c1ccc(-c2cccc(F)c2)nc1. The minimum atomic E-state index is -4.19. The van der Waals surface area contributed by atoms with Gasteiger partial charge in [-0.2, -0.15) is 13.2 Å². The first-order valence-corrected chi connectivity index (χ1v) is 8.62. The fraction of sp³-hybridized carbons (Fsp3) is 0.368. The van der Waals surface area contributed by atoms with E-state index in [0.717, 1.165) is 0 Å². The number of nitrogens with zero attached hydrogens (tertiary/aromatic N) is 2. The number of pyridine rings is 1. The lowest BCUT2D eigenvalue weighted by molar-refractivity contribution is -0.144. The van der Waals surface area contributed by atoms with Crippen LogP contribution in [0.15, 0.2) is 42.6 Å². The molecule has 1 amide bonds. The Morgan fingerprint density at radius 2 is 1.93 bits per heavy atom. The average molecular weight is 379 g/mol. The Kier molecular flexibility index (Phi) is 4.38. The first-order chi connectivity index (χ1) is 12.8. The Morgan fingerprint density at radius 3 is 2.52 bits per heavy atom. The summed E-state index contributed by atoms with van der Waals surface area (Å²) in [6.07, 6.45) is -2.77. The van der Waals surface area contributed by atoms with Crippen LogP contribution in [0.2, 0.25) is 0 Å². The maximum atomic E-state index is 13.3. The van der Waals surface area contributed by atoms with Crippen molar-refractivity contribution in [2.75, 3.05) is 19.6 Å². The number of fused-ring (bicyclic) bond motifs is 1. The van der Waals surface area contributed by atoms with Crippen LogP contribution >= 0.6 is 0 Å². The van der Waals surface area contributed by atoms with Crippen molar-refractivity contribution >= 4 is 5.91 Å². The van der Waals surface area contributed by atoms with Crippen LogP contribution in [0.25, 0.3) is 11.3 Å². The van der Waals surface area contributed by atoms with Gasteiger partial charge >= 0.3 is 6.18 Å². The zero-order valence-corrected chi connectivity index (χ0v) is 14.2. The van der Waals surface area contributed by atoms with Gasteiger partial charge < -0.3 is 5.32 Å². The molecule has 2 heterocycles. The number of piperidine rings is 1. The van der Waals surface area contributed by atoms with Crippen molar-refractivity contribution in [2.24, 2.45) is 11.8 Å². The number of rotatable bonds is 4. The van der Waals surface area contributed by atoms with E-state index in [4.69, 9.17) is 0 Å². The molecule has 4 nitrogen and oxygen atoms in total. The molecule has 1 aliphatic heterocycles. The molecule has 1 saturated carbocycles. The van der Waals surface area contributed by atoms with Gasteiger partial charge in [0, 0.05) is 30.9 Å². The van der Waals surface area contributed by atoms with Crippen molar-refractivity contribution in [1.82, 2.24) is 15.2 Å². The summed E-state index contributed by atoms with van der Waals surface area (Å²) < 4.78 is 50.5. The van der Waals surface area contributed by atoms with E-state index in [2.05, 4.69) is 10.3 Å². The second-order valence-corrected chi connectivity index (χ2v) is 7.08. The fourth-order valence-electron chi connectivity index (χ4n) is 3.79. The monoisotopic (exact) mass is 379 g/mol. The van der Waals surface area contributed by atoms with Gasteiger partial charge in [0.15, 0.2) is 0 Å². The van der Waals surface area contributed by atoms with Crippen LogP contribution < -0.4 is 5.32 Å². The molecule has 1 N–H and O–H groups in total. The molecule has 1 aromatic heterocycles. The lowest BCUT2D eigenvalue weighted by atomic mass is 10.1. The predicted octanol–water partition coefficient (Wildman–Crippen LogP) is 3.11. The van der Waals surface area contributed by atoms with Crippen molar-refractivity contribution in [3.8, 4) is 11.3 Å². The highest BCUT2D eigenvalue weighted by atomic mass is 19.4. The second-order valence-electron chi connectivity index (χ2n) is 7.08. The minimum absolute atomic E-state index is 0.0788. The lowest BCUT2D eigenvalue weighted by Crippen LogP contribution is -2.38. The molecule has 0 bridgehead atoms. The molecule has 27 heavy (non-hydrogen) atoms. The highest BCUT2D eigenvalue weighted by Crippen LogP contribution is 2.46.